The van der Waals surface area contributed by atoms with Crippen LogP contribution >= 0.6 is 0 Å². The fourth-order valence-corrected chi connectivity index (χ4v) is 2.83. The number of hydrogen-bond donors (Lipinski definition) is 1. The molecule has 24 heavy (non-hydrogen) atoms. The smallest absolute Gasteiger partial charge is 0.163 e. The van der Waals surface area contributed by atoms with Crippen molar-refractivity contribution in [1.82, 2.24) is 9.55 Å². The Balaban J connectivity index is 2.21. The van der Waals surface area contributed by atoms with Gasteiger partial charge in [-0.2, -0.15) is 0 Å². The first-order valence-corrected chi connectivity index (χ1v) is 7.98. The maximum Gasteiger partial charge on any atom is 0.163 e. The van der Waals surface area contributed by atoms with Gasteiger partial charge in [0.15, 0.2) is 11.5 Å². The summed E-state index contributed by atoms with van der Waals surface area (Å²) in [6.07, 6.45) is 0.665. The molecule has 126 valence electrons. The molecule has 1 aromatic heterocycles. The van der Waals surface area contributed by atoms with Gasteiger partial charge in [0.1, 0.15) is 5.82 Å². The zero-order valence-electron chi connectivity index (χ0n) is 14.2. The third kappa shape index (κ3) is 2.95. The molecule has 0 fully saturated rings. The van der Waals surface area contributed by atoms with Gasteiger partial charge in [0, 0.05) is 30.8 Å². The van der Waals surface area contributed by atoms with Gasteiger partial charge in [0.2, 0.25) is 0 Å². The maximum atomic E-state index is 9.24. The Bertz CT molecular complexity index is 838. The van der Waals surface area contributed by atoms with E-state index in [-0.39, 0.29) is 6.61 Å². The highest BCUT2D eigenvalue weighted by Gasteiger charge is 2.16. The van der Waals surface area contributed by atoms with Crippen LogP contribution in [0.2, 0.25) is 0 Å². The number of hydrogen-bond acceptors (Lipinski definition) is 4. The summed E-state index contributed by atoms with van der Waals surface area (Å²) in [7, 11) is 3.24. The lowest BCUT2D eigenvalue weighted by molar-refractivity contribution is 0.281. The number of nitrogens with zero attached hydrogens (tertiary/aromatic N) is 2. The summed E-state index contributed by atoms with van der Waals surface area (Å²) < 4.78 is 12.9. The highest BCUT2D eigenvalue weighted by molar-refractivity contribution is 5.84. The minimum Gasteiger partial charge on any atom is -0.493 e. The molecule has 5 nitrogen and oxygen atoms in total. The van der Waals surface area contributed by atoms with Crippen LogP contribution in [0.3, 0.4) is 0 Å². The van der Waals surface area contributed by atoms with Crippen LogP contribution in [-0.2, 0) is 6.54 Å². The van der Waals surface area contributed by atoms with Crippen molar-refractivity contribution in [3.63, 3.8) is 0 Å². The number of aliphatic hydroxyl groups excluding tert-OH is 1. The summed E-state index contributed by atoms with van der Waals surface area (Å²) in [6.45, 7) is 2.89. The minimum absolute atomic E-state index is 0.139. The van der Waals surface area contributed by atoms with Crippen LogP contribution in [0.25, 0.3) is 22.4 Å². The maximum absolute atomic E-state index is 9.24. The molecule has 0 amide bonds. The zero-order chi connectivity index (χ0) is 17.1. The largest absolute Gasteiger partial charge is 0.493 e. The standard InChI is InChI=1S/C19H22N2O3/c1-13-5-7-14(8-6-13)19-20-15-11-17(23-2)18(24-3)12-16(15)21(19)9-4-10-22/h5-8,11-12,22H,4,9-10H2,1-3H3. The second-order valence-corrected chi connectivity index (χ2v) is 5.73. The summed E-state index contributed by atoms with van der Waals surface area (Å²) in [6, 6.07) is 12.1. The summed E-state index contributed by atoms with van der Waals surface area (Å²) >= 11 is 0. The second kappa shape index (κ2) is 6.93. The van der Waals surface area contributed by atoms with Crippen molar-refractivity contribution >= 4 is 11.0 Å². The van der Waals surface area contributed by atoms with Crippen molar-refractivity contribution in [2.45, 2.75) is 19.9 Å². The minimum atomic E-state index is 0.139. The van der Waals surface area contributed by atoms with Gasteiger partial charge in [-0.05, 0) is 13.3 Å². The topological polar surface area (TPSA) is 56.5 Å². The van der Waals surface area contributed by atoms with Crippen molar-refractivity contribution in [1.29, 1.82) is 0 Å². The van der Waals surface area contributed by atoms with E-state index in [1.807, 2.05) is 12.1 Å². The van der Waals surface area contributed by atoms with Crippen LogP contribution in [0.4, 0.5) is 0 Å². The molecule has 3 aromatic rings. The molecule has 0 saturated heterocycles. The van der Waals surface area contributed by atoms with Gasteiger partial charge in [-0.15, -0.1) is 0 Å². The first-order chi connectivity index (χ1) is 11.7. The van der Waals surface area contributed by atoms with E-state index in [0.717, 1.165) is 22.4 Å². The first kappa shape index (κ1) is 16.3. The number of benzene rings is 2. The molecule has 0 aliphatic rings. The lowest BCUT2D eigenvalue weighted by Crippen LogP contribution is -2.03. The van der Waals surface area contributed by atoms with E-state index in [1.165, 1.54) is 5.56 Å². The molecule has 0 atom stereocenters. The Hall–Kier alpha value is -2.53. The van der Waals surface area contributed by atoms with E-state index in [1.54, 1.807) is 14.2 Å². The molecule has 3 rings (SSSR count). The fourth-order valence-electron chi connectivity index (χ4n) is 2.83. The molecule has 0 aliphatic carbocycles. The van der Waals surface area contributed by atoms with Crippen LogP contribution < -0.4 is 9.47 Å². The predicted octanol–water partition coefficient (Wildman–Crippen LogP) is 3.41. The molecule has 0 bridgehead atoms. The average molecular weight is 326 g/mol. The Labute approximate surface area is 141 Å². The fraction of sp³-hybridized carbons (Fsp3) is 0.316. The van der Waals surface area contributed by atoms with Crippen molar-refractivity contribution in [3.8, 4) is 22.9 Å². The third-order valence-corrected chi connectivity index (χ3v) is 4.10. The number of imidazole rings is 1. The third-order valence-electron chi connectivity index (χ3n) is 4.10. The quantitative estimate of drug-likeness (QED) is 0.754. The second-order valence-electron chi connectivity index (χ2n) is 5.73. The lowest BCUT2D eigenvalue weighted by Gasteiger charge is -2.10. The van der Waals surface area contributed by atoms with E-state index >= 15 is 0 Å². The average Bonchev–Trinajstić information content (AvgIpc) is 2.96. The summed E-state index contributed by atoms with van der Waals surface area (Å²) in [5, 5.41) is 9.24. The molecule has 5 heteroatoms. The van der Waals surface area contributed by atoms with E-state index in [0.29, 0.717) is 24.5 Å². The Kier molecular flexibility index (Phi) is 4.71. The van der Waals surface area contributed by atoms with E-state index in [9.17, 15) is 5.11 Å². The van der Waals surface area contributed by atoms with Crippen molar-refractivity contribution in [3.05, 3.63) is 42.0 Å². The van der Waals surface area contributed by atoms with Crippen molar-refractivity contribution < 1.29 is 14.6 Å². The summed E-state index contributed by atoms with van der Waals surface area (Å²) in [4.78, 5) is 4.80. The Morgan fingerprint density at radius 1 is 1.04 bits per heavy atom. The predicted molar refractivity (Wildman–Crippen MR) is 94.7 cm³/mol. The number of aromatic nitrogens is 2. The molecular weight excluding hydrogens is 304 g/mol. The number of aliphatic hydroxyl groups is 1. The SMILES string of the molecule is COc1cc2nc(-c3ccc(C)cc3)n(CCCO)c2cc1OC. The molecular formula is C19H22N2O3. The van der Waals surface area contributed by atoms with E-state index in [2.05, 4.69) is 35.8 Å². The van der Waals surface area contributed by atoms with Gasteiger partial charge in [-0.1, -0.05) is 29.8 Å². The zero-order valence-corrected chi connectivity index (χ0v) is 14.2. The highest BCUT2D eigenvalue weighted by Crippen LogP contribution is 2.34. The molecule has 0 unspecified atom stereocenters. The van der Waals surface area contributed by atoms with Crippen LogP contribution in [-0.4, -0.2) is 35.5 Å². The Morgan fingerprint density at radius 2 is 1.71 bits per heavy atom. The van der Waals surface area contributed by atoms with E-state index in [4.69, 9.17) is 14.5 Å². The van der Waals surface area contributed by atoms with Gasteiger partial charge in [0.25, 0.3) is 0 Å². The molecule has 0 saturated carbocycles. The van der Waals surface area contributed by atoms with Gasteiger partial charge < -0.3 is 19.1 Å². The molecule has 0 radical (unpaired) electrons. The molecule has 0 spiro atoms. The van der Waals surface area contributed by atoms with Gasteiger partial charge in [-0.25, -0.2) is 4.98 Å². The summed E-state index contributed by atoms with van der Waals surface area (Å²) in [5.41, 5.74) is 4.07. The van der Waals surface area contributed by atoms with Crippen LogP contribution in [0.1, 0.15) is 12.0 Å². The van der Waals surface area contributed by atoms with Crippen molar-refractivity contribution in [2.24, 2.45) is 0 Å². The van der Waals surface area contributed by atoms with Gasteiger partial charge in [-0.3, -0.25) is 0 Å². The molecule has 1 heterocycles. The van der Waals surface area contributed by atoms with Gasteiger partial charge >= 0.3 is 0 Å². The number of rotatable bonds is 6. The highest BCUT2D eigenvalue weighted by atomic mass is 16.5. The normalized spacial score (nSPS) is 11.0. The monoisotopic (exact) mass is 326 g/mol. The summed E-state index contributed by atoms with van der Waals surface area (Å²) in [5.74, 6) is 2.21. The molecule has 2 aromatic carbocycles. The number of methoxy groups -OCH3 is 2. The Morgan fingerprint density at radius 3 is 2.33 bits per heavy atom. The van der Waals surface area contributed by atoms with E-state index < -0.39 is 0 Å². The first-order valence-electron chi connectivity index (χ1n) is 7.98. The number of ether oxygens (including phenoxy) is 2. The van der Waals surface area contributed by atoms with Crippen LogP contribution in [0.15, 0.2) is 36.4 Å². The van der Waals surface area contributed by atoms with Crippen molar-refractivity contribution in [2.75, 3.05) is 20.8 Å². The van der Waals surface area contributed by atoms with Crippen LogP contribution in [0.5, 0.6) is 11.5 Å². The van der Waals surface area contributed by atoms with Gasteiger partial charge in [0.05, 0.1) is 25.3 Å². The molecule has 1 N–H and O–H groups in total. The van der Waals surface area contributed by atoms with Crippen LogP contribution in [0, 0.1) is 6.92 Å². The lowest BCUT2D eigenvalue weighted by atomic mass is 10.1. The molecule has 0 aliphatic heterocycles. The number of fused-ring (bicyclic) bond motifs is 1. The number of aryl methyl sites for hydroxylation is 2.